The minimum absolute atomic E-state index is 0.505. The van der Waals surface area contributed by atoms with Gasteiger partial charge in [-0.3, -0.25) is 4.99 Å². The van der Waals surface area contributed by atoms with E-state index in [1.54, 1.807) is 0 Å². The average Bonchev–Trinajstić information content (AvgIpc) is 2.72. The van der Waals surface area contributed by atoms with Crippen molar-refractivity contribution in [3.63, 3.8) is 0 Å². The van der Waals surface area contributed by atoms with Crippen LogP contribution in [-0.2, 0) is 0 Å². The molecule has 0 saturated heterocycles. The highest BCUT2D eigenvalue weighted by atomic mass is 32.2. The molecular formula is C13H15NS2. The minimum Gasteiger partial charge on any atom is -0.268 e. The van der Waals surface area contributed by atoms with Crippen molar-refractivity contribution >= 4 is 34.0 Å². The predicted octanol–water partition coefficient (Wildman–Crippen LogP) is 3.92. The van der Waals surface area contributed by atoms with E-state index in [9.17, 15) is 0 Å². The Bertz CT molecular complexity index is 384. The Morgan fingerprint density at radius 2 is 2.25 bits per heavy atom. The van der Waals surface area contributed by atoms with E-state index >= 15 is 0 Å². The fourth-order valence-electron chi connectivity index (χ4n) is 1.39. The monoisotopic (exact) mass is 249 g/mol. The third-order valence-electron chi connectivity index (χ3n) is 2.19. The molecule has 0 saturated carbocycles. The number of rotatable bonds is 3. The summed E-state index contributed by atoms with van der Waals surface area (Å²) in [6.45, 7) is 2.17. The SMILES string of the molecule is C[C@H]1CSC(SC/C=C/c2ccccc2)=N1. The second-order valence-corrected chi connectivity index (χ2v) is 5.95. The zero-order chi connectivity index (χ0) is 11.2. The molecule has 3 heteroatoms. The van der Waals surface area contributed by atoms with Crippen molar-refractivity contribution in [3.05, 3.63) is 42.0 Å². The van der Waals surface area contributed by atoms with Crippen molar-refractivity contribution in [2.45, 2.75) is 13.0 Å². The highest BCUT2D eigenvalue weighted by molar-refractivity contribution is 8.39. The summed E-state index contributed by atoms with van der Waals surface area (Å²) in [4.78, 5) is 4.54. The van der Waals surface area contributed by atoms with Gasteiger partial charge in [0.25, 0.3) is 0 Å². The van der Waals surface area contributed by atoms with Crippen LogP contribution in [0.1, 0.15) is 12.5 Å². The molecule has 0 radical (unpaired) electrons. The van der Waals surface area contributed by atoms with E-state index in [1.807, 2.05) is 29.6 Å². The second-order valence-electron chi connectivity index (χ2n) is 3.68. The molecule has 0 spiro atoms. The maximum Gasteiger partial charge on any atom is 0.125 e. The topological polar surface area (TPSA) is 12.4 Å². The van der Waals surface area contributed by atoms with Crippen LogP contribution in [0, 0.1) is 0 Å². The Morgan fingerprint density at radius 1 is 1.44 bits per heavy atom. The second kappa shape index (κ2) is 6.16. The average molecular weight is 249 g/mol. The van der Waals surface area contributed by atoms with Gasteiger partial charge in [-0.15, -0.1) is 0 Å². The number of benzene rings is 1. The first-order valence-electron chi connectivity index (χ1n) is 5.39. The van der Waals surface area contributed by atoms with Gasteiger partial charge in [-0.2, -0.15) is 0 Å². The lowest BCUT2D eigenvalue weighted by atomic mass is 10.2. The maximum absolute atomic E-state index is 4.54. The standard InChI is InChI=1S/C13H15NS2/c1-11-10-16-13(14-11)15-9-5-8-12-6-3-2-4-7-12/h2-8,11H,9-10H2,1H3/b8-5+/t11-/m0/s1. The summed E-state index contributed by atoms with van der Waals surface area (Å²) >= 11 is 3.71. The van der Waals surface area contributed by atoms with Crippen LogP contribution in [0.3, 0.4) is 0 Å². The highest BCUT2D eigenvalue weighted by Crippen LogP contribution is 2.25. The van der Waals surface area contributed by atoms with Gasteiger partial charge in [0.2, 0.25) is 0 Å². The van der Waals surface area contributed by atoms with E-state index in [0.717, 1.165) is 11.5 Å². The largest absolute Gasteiger partial charge is 0.268 e. The summed E-state index contributed by atoms with van der Waals surface area (Å²) in [6, 6.07) is 10.9. The Balaban J connectivity index is 1.76. The zero-order valence-corrected chi connectivity index (χ0v) is 10.9. The Morgan fingerprint density at radius 3 is 2.94 bits per heavy atom. The van der Waals surface area contributed by atoms with Crippen molar-refractivity contribution in [1.82, 2.24) is 0 Å². The molecule has 16 heavy (non-hydrogen) atoms. The first kappa shape index (κ1) is 11.8. The number of hydrogen-bond donors (Lipinski definition) is 0. The summed E-state index contributed by atoms with van der Waals surface area (Å²) in [7, 11) is 0. The van der Waals surface area contributed by atoms with Crippen LogP contribution < -0.4 is 0 Å². The molecule has 0 bridgehead atoms. The molecule has 0 N–H and O–H groups in total. The van der Waals surface area contributed by atoms with E-state index in [2.05, 4.69) is 48.3 Å². The van der Waals surface area contributed by atoms with Crippen LogP contribution in [0.15, 0.2) is 41.4 Å². The molecular weight excluding hydrogens is 234 g/mol. The van der Waals surface area contributed by atoms with Crippen LogP contribution >= 0.6 is 23.5 Å². The summed E-state index contributed by atoms with van der Waals surface area (Å²) in [5.41, 5.74) is 1.26. The van der Waals surface area contributed by atoms with Crippen molar-refractivity contribution in [1.29, 1.82) is 0 Å². The lowest BCUT2D eigenvalue weighted by molar-refractivity contribution is 0.867. The van der Waals surface area contributed by atoms with Crippen LogP contribution in [0.5, 0.6) is 0 Å². The first-order valence-corrected chi connectivity index (χ1v) is 7.37. The van der Waals surface area contributed by atoms with Crippen molar-refractivity contribution in [3.8, 4) is 0 Å². The molecule has 2 rings (SSSR count). The van der Waals surface area contributed by atoms with Gasteiger partial charge in [0.15, 0.2) is 0 Å². The highest BCUT2D eigenvalue weighted by Gasteiger charge is 2.12. The van der Waals surface area contributed by atoms with Gasteiger partial charge in [0.1, 0.15) is 4.38 Å². The third-order valence-corrected chi connectivity index (χ3v) is 4.61. The van der Waals surface area contributed by atoms with Gasteiger partial charge < -0.3 is 0 Å². The quantitative estimate of drug-likeness (QED) is 0.805. The summed E-state index contributed by atoms with van der Waals surface area (Å²) < 4.78 is 1.24. The predicted molar refractivity (Wildman–Crippen MR) is 77.3 cm³/mol. The molecule has 0 amide bonds. The Hall–Kier alpha value is -0.670. The fourth-order valence-corrected chi connectivity index (χ4v) is 3.44. The van der Waals surface area contributed by atoms with Crippen molar-refractivity contribution in [2.75, 3.05) is 11.5 Å². The van der Waals surface area contributed by atoms with E-state index in [-0.39, 0.29) is 0 Å². The molecule has 0 unspecified atom stereocenters. The summed E-state index contributed by atoms with van der Waals surface area (Å²) in [5.74, 6) is 2.15. The molecule has 1 nitrogen and oxygen atoms in total. The Kier molecular flexibility index (Phi) is 4.55. The lowest BCUT2D eigenvalue weighted by Gasteiger charge is -1.94. The fraction of sp³-hybridized carbons (Fsp3) is 0.308. The molecule has 1 atom stereocenters. The molecule has 84 valence electrons. The lowest BCUT2D eigenvalue weighted by Crippen LogP contribution is -1.92. The molecule has 1 aromatic carbocycles. The van der Waals surface area contributed by atoms with Gasteiger partial charge in [0, 0.05) is 11.5 Å². The van der Waals surface area contributed by atoms with Crippen LogP contribution in [-0.4, -0.2) is 21.9 Å². The summed E-state index contributed by atoms with van der Waals surface area (Å²) in [6.07, 6.45) is 4.36. The smallest absolute Gasteiger partial charge is 0.125 e. The van der Waals surface area contributed by atoms with Crippen molar-refractivity contribution < 1.29 is 0 Å². The normalized spacial score (nSPS) is 20.3. The van der Waals surface area contributed by atoms with Gasteiger partial charge in [0.05, 0.1) is 6.04 Å². The number of thioether (sulfide) groups is 2. The van der Waals surface area contributed by atoms with Crippen LogP contribution in [0.2, 0.25) is 0 Å². The van der Waals surface area contributed by atoms with Gasteiger partial charge in [-0.25, -0.2) is 0 Å². The third kappa shape index (κ3) is 3.72. The summed E-state index contributed by atoms with van der Waals surface area (Å²) in [5, 5.41) is 0. The number of hydrogen-bond acceptors (Lipinski definition) is 3. The minimum atomic E-state index is 0.505. The molecule has 1 aliphatic heterocycles. The molecule has 0 aromatic heterocycles. The molecule has 1 heterocycles. The van der Waals surface area contributed by atoms with Crippen molar-refractivity contribution in [2.24, 2.45) is 4.99 Å². The van der Waals surface area contributed by atoms with Gasteiger partial charge in [-0.05, 0) is 12.5 Å². The van der Waals surface area contributed by atoms with E-state index in [0.29, 0.717) is 6.04 Å². The van der Waals surface area contributed by atoms with Crippen LogP contribution in [0.4, 0.5) is 0 Å². The van der Waals surface area contributed by atoms with E-state index < -0.39 is 0 Å². The van der Waals surface area contributed by atoms with E-state index in [1.165, 1.54) is 9.94 Å². The maximum atomic E-state index is 4.54. The number of aliphatic imine (C=N–C) groups is 1. The van der Waals surface area contributed by atoms with E-state index in [4.69, 9.17) is 0 Å². The van der Waals surface area contributed by atoms with Gasteiger partial charge in [-0.1, -0.05) is 66.0 Å². The zero-order valence-electron chi connectivity index (χ0n) is 9.30. The van der Waals surface area contributed by atoms with Crippen LogP contribution in [0.25, 0.3) is 6.08 Å². The molecule has 0 fully saturated rings. The molecule has 1 aromatic rings. The molecule has 0 aliphatic carbocycles. The Labute approximate surface area is 105 Å². The first-order chi connectivity index (χ1) is 7.84. The molecule has 1 aliphatic rings. The number of nitrogens with zero attached hydrogens (tertiary/aromatic N) is 1. The van der Waals surface area contributed by atoms with Gasteiger partial charge >= 0.3 is 0 Å².